The zero-order valence-electron chi connectivity index (χ0n) is 7.74. The lowest BCUT2D eigenvalue weighted by atomic mass is 10.3. The van der Waals surface area contributed by atoms with Gasteiger partial charge in [-0.05, 0) is 35.0 Å². The Bertz CT molecular complexity index is 280. The van der Waals surface area contributed by atoms with Gasteiger partial charge in [-0.1, -0.05) is 6.07 Å². The first-order valence-electron chi connectivity index (χ1n) is 4.11. The van der Waals surface area contributed by atoms with Crippen LogP contribution in [0.15, 0.2) is 22.8 Å². The van der Waals surface area contributed by atoms with E-state index in [9.17, 15) is 0 Å². The van der Waals surface area contributed by atoms with Crippen molar-refractivity contribution in [1.82, 2.24) is 4.98 Å². The van der Waals surface area contributed by atoms with Crippen LogP contribution < -0.4 is 4.90 Å². The second kappa shape index (κ2) is 4.58. The minimum Gasteiger partial charge on any atom is -0.394 e. The quantitative estimate of drug-likeness (QED) is 0.823. The van der Waals surface area contributed by atoms with E-state index in [1.807, 2.05) is 37.1 Å². The minimum atomic E-state index is 0.0850. The van der Waals surface area contributed by atoms with Gasteiger partial charge in [0.25, 0.3) is 0 Å². The van der Waals surface area contributed by atoms with Crippen molar-refractivity contribution in [3.63, 3.8) is 0 Å². The van der Waals surface area contributed by atoms with Crippen LogP contribution in [0.3, 0.4) is 0 Å². The number of aliphatic hydroxyl groups excluding tert-OH is 1. The summed E-state index contributed by atoms with van der Waals surface area (Å²) in [7, 11) is 1.91. The molecule has 0 fully saturated rings. The molecule has 0 bridgehead atoms. The topological polar surface area (TPSA) is 36.4 Å². The van der Waals surface area contributed by atoms with Crippen LogP contribution >= 0.6 is 15.9 Å². The van der Waals surface area contributed by atoms with Crippen LogP contribution in [0.25, 0.3) is 0 Å². The minimum absolute atomic E-state index is 0.0850. The van der Waals surface area contributed by atoms with Gasteiger partial charge in [-0.15, -0.1) is 0 Å². The van der Waals surface area contributed by atoms with E-state index < -0.39 is 0 Å². The lowest BCUT2D eigenvalue weighted by molar-refractivity contribution is 0.270. The fourth-order valence-corrected chi connectivity index (χ4v) is 1.28. The summed E-state index contributed by atoms with van der Waals surface area (Å²) in [5.41, 5.74) is 0. The maximum absolute atomic E-state index is 8.95. The number of pyridine rings is 1. The van der Waals surface area contributed by atoms with E-state index in [2.05, 4.69) is 20.9 Å². The SMILES string of the molecule is CC(CO)N(C)c1cccc(Br)n1. The molecular formula is C9H13BrN2O. The number of hydrogen-bond acceptors (Lipinski definition) is 3. The molecule has 0 aromatic carbocycles. The van der Waals surface area contributed by atoms with Crippen LogP contribution in [0.2, 0.25) is 0 Å². The highest BCUT2D eigenvalue weighted by atomic mass is 79.9. The first-order chi connectivity index (χ1) is 6.15. The van der Waals surface area contributed by atoms with Crippen molar-refractivity contribution in [3.05, 3.63) is 22.8 Å². The second-order valence-electron chi connectivity index (χ2n) is 2.96. The molecule has 0 saturated heterocycles. The summed E-state index contributed by atoms with van der Waals surface area (Å²) in [4.78, 5) is 6.21. The van der Waals surface area contributed by atoms with Crippen molar-refractivity contribution in [2.24, 2.45) is 0 Å². The van der Waals surface area contributed by atoms with E-state index in [1.54, 1.807) is 0 Å². The predicted molar refractivity (Wildman–Crippen MR) is 56.9 cm³/mol. The Kier molecular flexibility index (Phi) is 3.69. The fraction of sp³-hybridized carbons (Fsp3) is 0.444. The Labute approximate surface area is 86.5 Å². The number of hydrogen-bond donors (Lipinski definition) is 1. The molecule has 0 radical (unpaired) electrons. The Hall–Kier alpha value is -0.610. The second-order valence-corrected chi connectivity index (χ2v) is 3.77. The summed E-state index contributed by atoms with van der Waals surface area (Å²) in [6.07, 6.45) is 0. The molecule has 0 aliphatic rings. The Morgan fingerprint density at radius 2 is 2.31 bits per heavy atom. The molecule has 0 aliphatic carbocycles. The van der Waals surface area contributed by atoms with Crippen molar-refractivity contribution in [1.29, 1.82) is 0 Å². The summed E-state index contributed by atoms with van der Waals surface area (Å²) < 4.78 is 0.807. The average Bonchev–Trinajstić information content (AvgIpc) is 2.15. The predicted octanol–water partition coefficient (Wildman–Crippen LogP) is 1.66. The van der Waals surface area contributed by atoms with Crippen molar-refractivity contribution in [2.45, 2.75) is 13.0 Å². The normalized spacial score (nSPS) is 12.6. The molecule has 72 valence electrons. The zero-order chi connectivity index (χ0) is 9.84. The number of anilines is 1. The summed E-state index contributed by atoms with van der Waals surface area (Å²) in [6.45, 7) is 2.08. The third kappa shape index (κ3) is 2.67. The van der Waals surface area contributed by atoms with Gasteiger partial charge in [0.2, 0.25) is 0 Å². The van der Waals surface area contributed by atoms with Crippen LogP contribution in [0, 0.1) is 0 Å². The molecule has 0 aliphatic heterocycles. The van der Waals surface area contributed by atoms with Gasteiger partial charge in [0.15, 0.2) is 0 Å². The highest BCUT2D eigenvalue weighted by Gasteiger charge is 2.09. The maximum atomic E-state index is 8.95. The Morgan fingerprint density at radius 1 is 1.62 bits per heavy atom. The number of aliphatic hydroxyl groups is 1. The van der Waals surface area contributed by atoms with Crippen LogP contribution in [0.5, 0.6) is 0 Å². The third-order valence-corrected chi connectivity index (χ3v) is 2.43. The fourth-order valence-electron chi connectivity index (χ4n) is 0.942. The summed E-state index contributed by atoms with van der Waals surface area (Å²) in [6, 6.07) is 5.80. The Balaban J connectivity index is 2.82. The molecule has 1 aromatic rings. The molecule has 3 nitrogen and oxygen atoms in total. The number of aromatic nitrogens is 1. The molecule has 0 spiro atoms. The molecule has 1 N–H and O–H groups in total. The monoisotopic (exact) mass is 244 g/mol. The molecule has 1 rings (SSSR count). The van der Waals surface area contributed by atoms with Gasteiger partial charge < -0.3 is 10.0 Å². The first-order valence-corrected chi connectivity index (χ1v) is 4.90. The van der Waals surface area contributed by atoms with E-state index in [0.29, 0.717) is 0 Å². The van der Waals surface area contributed by atoms with Gasteiger partial charge in [-0.25, -0.2) is 4.98 Å². The van der Waals surface area contributed by atoms with Gasteiger partial charge in [0.05, 0.1) is 12.6 Å². The van der Waals surface area contributed by atoms with E-state index in [1.165, 1.54) is 0 Å². The lowest BCUT2D eigenvalue weighted by Gasteiger charge is -2.24. The van der Waals surface area contributed by atoms with Crippen molar-refractivity contribution in [2.75, 3.05) is 18.6 Å². The molecule has 0 saturated carbocycles. The highest BCUT2D eigenvalue weighted by molar-refractivity contribution is 9.10. The van der Waals surface area contributed by atoms with Crippen LogP contribution in [-0.2, 0) is 0 Å². The van der Waals surface area contributed by atoms with Crippen molar-refractivity contribution < 1.29 is 5.11 Å². The van der Waals surface area contributed by atoms with Gasteiger partial charge >= 0.3 is 0 Å². The molecule has 1 atom stereocenters. The summed E-state index contributed by atoms with van der Waals surface area (Å²) in [5.74, 6) is 0.857. The zero-order valence-corrected chi connectivity index (χ0v) is 9.32. The highest BCUT2D eigenvalue weighted by Crippen LogP contribution is 2.15. The van der Waals surface area contributed by atoms with E-state index in [-0.39, 0.29) is 12.6 Å². The molecule has 1 aromatic heterocycles. The number of likely N-dealkylation sites (N-methyl/N-ethyl adjacent to an activating group) is 1. The number of nitrogens with zero attached hydrogens (tertiary/aromatic N) is 2. The van der Waals surface area contributed by atoms with Crippen molar-refractivity contribution >= 4 is 21.7 Å². The molecule has 1 heterocycles. The molecular weight excluding hydrogens is 232 g/mol. The van der Waals surface area contributed by atoms with Crippen LogP contribution in [-0.4, -0.2) is 29.8 Å². The number of halogens is 1. The van der Waals surface area contributed by atoms with Gasteiger partial charge in [0, 0.05) is 7.05 Å². The largest absolute Gasteiger partial charge is 0.394 e. The Morgan fingerprint density at radius 3 is 2.85 bits per heavy atom. The molecule has 1 unspecified atom stereocenters. The summed E-state index contributed by atoms with van der Waals surface area (Å²) >= 11 is 3.30. The van der Waals surface area contributed by atoms with Crippen LogP contribution in [0.4, 0.5) is 5.82 Å². The molecule has 4 heteroatoms. The van der Waals surface area contributed by atoms with E-state index >= 15 is 0 Å². The molecule has 13 heavy (non-hydrogen) atoms. The average molecular weight is 245 g/mol. The van der Waals surface area contributed by atoms with Crippen molar-refractivity contribution in [3.8, 4) is 0 Å². The third-order valence-electron chi connectivity index (χ3n) is 1.99. The van der Waals surface area contributed by atoms with Gasteiger partial charge in [-0.3, -0.25) is 0 Å². The van der Waals surface area contributed by atoms with Gasteiger partial charge in [0.1, 0.15) is 10.4 Å². The maximum Gasteiger partial charge on any atom is 0.129 e. The van der Waals surface area contributed by atoms with E-state index in [4.69, 9.17) is 5.11 Å². The lowest BCUT2D eigenvalue weighted by Crippen LogP contribution is -2.32. The van der Waals surface area contributed by atoms with E-state index in [0.717, 1.165) is 10.4 Å². The summed E-state index contributed by atoms with van der Waals surface area (Å²) in [5, 5.41) is 8.95. The van der Waals surface area contributed by atoms with Crippen LogP contribution in [0.1, 0.15) is 6.92 Å². The first kappa shape index (κ1) is 10.5. The van der Waals surface area contributed by atoms with Gasteiger partial charge in [-0.2, -0.15) is 0 Å². The standard InChI is InChI=1S/C9H13BrN2O/c1-7(6-13)12(2)9-5-3-4-8(10)11-9/h3-5,7,13H,6H2,1-2H3. The smallest absolute Gasteiger partial charge is 0.129 e. The number of rotatable bonds is 3. The molecule has 0 amide bonds.